The molecule has 2 aliphatic carbocycles. The molecule has 0 bridgehead atoms. The van der Waals surface area contributed by atoms with Crippen molar-refractivity contribution in [3.63, 3.8) is 0 Å². The molecule has 0 saturated heterocycles. The third kappa shape index (κ3) is 5.03. The third-order valence-electron chi connectivity index (χ3n) is 14.6. The average molecular weight is 835 g/mol. The first-order chi connectivity index (χ1) is 30.7. The number of nitrogens with zero attached hydrogens (tertiary/aromatic N) is 4. The van der Waals surface area contributed by atoms with Crippen LogP contribution >= 0.6 is 22.7 Å². The van der Waals surface area contributed by atoms with E-state index in [0.29, 0.717) is 11.1 Å². The van der Waals surface area contributed by atoms with Crippen molar-refractivity contribution in [2.75, 3.05) is 0 Å². The van der Waals surface area contributed by atoms with Crippen LogP contribution in [0, 0.1) is 22.7 Å². The predicted octanol–water partition coefficient (Wildman–Crippen LogP) is 16.5. The third-order valence-corrected chi connectivity index (χ3v) is 17.0. The lowest BCUT2D eigenvalue weighted by atomic mass is 9.74. The number of fused-ring (bicyclic) bond motifs is 14. The van der Waals surface area contributed by atoms with Gasteiger partial charge in [0.15, 0.2) is 0 Å². The highest BCUT2D eigenvalue weighted by Crippen LogP contribution is 2.52. The molecule has 11 aromatic rings. The number of thiophene rings is 2. The first-order valence-electron chi connectivity index (χ1n) is 22.4. The average Bonchev–Trinajstić information content (AvgIpc) is 4.09. The highest BCUT2D eigenvalue weighted by atomic mass is 32.1. The Kier molecular flexibility index (Phi) is 8.21. The van der Waals surface area contributed by atoms with Crippen molar-refractivity contribution < 1.29 is 0 Å². The van der Waals surface area contributed by atoms with Crippen molar-refractivity contribution >= 4 is 107 Å². The molecule has 0 amide bonds. The molecule has 298 valence electrons. The van der Waals surface area contributed by atoms with E-state index in [1.165, 1.54) is 74.7 Å². The first kappa shape index (κ1) is 36.2. The lowest BCUT2D eigenvalue weighted by molar-refractivity contribution is 0.437. The zero-order chi connectivity index (χ0) is 41.1. The molecule has 2 aliphatic rings. The molecule has 0 aliphatic heterocycles. The van der Waals surface area contributed by atoms with Gasteiger partial charge in [-0.05, 0) is 79.5 Å². The van der Waals surface area contributed by atoms with Crippen LogP contribution in [0.25, 0.3) is 95.3 Å². The minimum atomic E-state index is 0.121. The summed E-state index contributed by atoms with van der Waals surface area (Å²) in [5, 5.41) is 33.7. The number of benzene rings is 7. The summed E-state index contributed by atoms with van der Waals surface area (Å²) in [5.41, 5.74) is 9.98. The molecule has 6 heteroatoms. The van der Waals surface area contributed by atoms with Crippen LogP contribution in [-0.4, -0.2) is 9.13 Å². The Hall–Kier alpha value is -6.44. The van der Waals surface area contributed by atoms with Crippen LogP contribution < -0.4 is 0 Å². The monoisotopic (exact) mass is 834 g/mol. The Bertz CT molecular complexity index is 3530. The molecule has 0 spiro atoms. The Morgan fingerprint density at radius 3 is 1.26 bits per heavy atom. The maximum Gasteiger partial charge on any atom is 0.102 e. The standard InChI is InChI=1S/C56H42N4S2/c57-31-41-49(33-15-3-1-4-16-33)42(32-58)54(60-44-24-12-8-22-40(44)52-46(60)30-28-38-36-20-10-14-26-48(36)62-56(38)52)50(34-17-5-2-6-18-34)53(41)59-43-23-11-7-21-39(43)51-45(59)29-27-37-35-19-9-13-25-47(35)61-55(37)51/h7-14,19-30,33-34H,1-6,15-18H2. The van der Waals surface area contributed by atoms with Crippen LogP contribution in [-0.2, 0) is 0 Å². The van der Waals surface area contributed by atoms with E-state index in [4.69, 9.17) is 0 Å². The van der Waals surface area contributed by atoms with E-state index in [0.717, 1.165) is 95.9 Å². The lowest BCUT2D eigenvalue weighted by Crippen LogP contribution is -2.20. The zero-order valence-corrected chi connectivity index (χ0v) is 36.0. The summed E-state index contributed by atoms with van der Waals surface area (Å²) in [5.74, 6) is 0.289. The maximum atomic E-state index is 11.9. The van der Waals surface area contributed by atoms with Crippen molar-refractivity contribution in [1.82, 2.24) is 9.13 Å². The summed E-state index contributed by atoms with van der Waals surface area (Å²) < 4.78 is 10.1. The van der Waals surface area contributed by atoms with Crippen molar-refractivity contribution in [3.8, 4) is 23.5 Å². The van der Waals surface area contributed by atoms with Gasteiger partial charge in [0.05, 0.1) is 44.6 Å². The molecule has 13 rings (SSSR count). The molecule has 7 aromatic carbocycles. The predicted molar refractivity (Wildman–Crippen MR) is 262 cm³/mol. The number of rotatable bonds is 4. The van der Waals surface area contributed by atoms with Gasteiger partial charge in [0, 0.05) is 67.5 Å². The minimum Gasteiger partial charge on any atom is -0.307 e. The van der Waals surface area contributed by atoms with E-state index in [9.17, 15) is 10.5 Å². The van der Waals surface area contributed by atoms with Crippen molar-refractivity contribution in [3.05, 3.63) is 144 Å². The van der Waals surface area contributed by atoms with Crippen LogP contribution in [0.2, 0.25) is 0 Å². The van der Waals surface area contributed by atoms with E-state index < -0.39 is 0 Å². The smallest absolute Gasteiger partial charge is 0.102 e. The van der Waals surface area contributed by atoms with Crippen molar-refractivity contribution in [2.24, 2.45) is 0 Å². The van der Waals surface area contributed by atoms with Crippen LogP contribution in [0.5, 0.6) is 0 Å². The van der Waals surface area contributed by atoms with E-state index >= 15 is 0 Å². The molecular weight excluding hydrogens is 793 g/mol. The SMILES string of the molecule is N#Cc1c(C2CCCCC2)c(C#N)c(-n2c3ccccc3c3c4sc5ccccc5c4ccc32)c(C2CCCCC2)c1-n1c2ccccc2c2c3sc4ccccc4c3ccc21. The van der Waals surface area contributed by atoms with Crippen LogP contribution in [0.15, 0.2) is 121 Å². The van der Waals surface area contributed by atoms with Gasteiger partial charge in [-0.3, -0.25) is 0 Å². The van der Waals surface area contributed by atoms with Gasteiger partial charge >= 0.3 is 0 Å². The Morgan fingerprint density at radius 1 is 0.403 bits per heavy atom. The number of nitriles is 2. The fourth-order valence-corrected chi connectivity index (χ4v) is 14.5. The molecule has 2 fully saturated rings. The molecule has 0 radical (unpaired) electrons. The topological polar surface area (TPSA) is 57.4 Å². The fourth-order valence-electron chi connectivity index (χ4n) is 12.0. The van der Waals surface area contributed by atoms with E-state index in [2.05, 4.69) is 143 Å². The van der Waals surface area contributed by atoms with Gasteiger partial charge in [-0.2, -0.15) is 10.5 Å². The summed E-state index contributed by atoms with van der Waals surface area (Å²) in [6, 6.07) is 50.3. The summed E-state index contributed by atoms with van der Waals surface area (Å²) >= 11 is 3.74. The van der Waals surface area contributed by atoms with Crippen LogP contribution in [0.4, 0.5) is 0 Å². The van der Waals surface area contributed by atoms with Crippen LogP contribution in [0.3, 0.4) is 0 Å². The quantitative estimate of drug-likeness (QED) is 0.177. The summed E-state index contributed by atoms with van der Waals surface area (Å²) in [7, 11) is 0. The molecule has 0 N–H and O–H groups in total. The summed E-state index contributed by atoms with van der Waals surface area (Å²) in [6.07, 6.45) is 10.9. The van der Waals surface area contributed by atoms with E-state index in [-0.39, 0.29) is 11.8 Å². The number of aromatic nitrogens is 2. The minimum absolute atomic E-state index is 0.121. The highest BCUT2D eigenvalue weighted by Gasteiger charge is 2.36. The molecule has 62 heavy (non-hydrogen) atoms. The Morgan fingerprint density at radius 2 is 0.806 bits per heavy atom. The highest BCUT2D eigenvalue weighted by molar-refractivity contribution is 7.27. The zero-order valence-electron chi connectivity index (χ0n) is 34.4. The van der Waals surface area contributed by atoms with Gasteiger partial charge in [0.1, 0.15) is 12.1 Å². The molecule has 0 unspecified atom stereocenters. The van der Waals surface area contributed by atoms with Gasteiger partial charge in [0.25, 0.3) is 0 Å². The van der Waals surface area contributed by atoms with Crippen molar-refractivity contribution in [1.29, 1.82) is 10.5 Å². The van der Waals surface area contributed by atoms with Gasteiger partial charge in [-0.25, -0.2) is 0 Å². The maximum absolute atomic E-state index is 11.9. The second kappa shape index (κ2) is 14.0. The van der Waals surface area contributed by atoms with Gasteiger partial charge in [-0.15, -0.1) is 22.7 Å². The number of hydrogen-bond donors (Lipinski definition) is 0. The molecule has 2 saturated carbocycles. The number of para-hydroxylation sites is 2. The largest absolute Gasteiger partial charge is 0.307 e. The summed E-state index contributed by atoms with van der Waals surface area (Å²) in [4.78, 5) is 0. The fraction of sp³-hybridized carbons (Fsp3) is 0.214. The van der Waals surface area contributed by atoms with Gasteiger partial charge < -0.3 is 9.13 Å². The van der Waals surface area contributed by atoms with E-state index in [1.54, 1.807) is 0 Å². The first-order valence-corrected chi connectivity index (χ1v) is 24.1. The molecular formula is C56H42N4S2. The molecule has 4 aromatic heterocycles. The summed E-state index contributed by atoms with van der Waals surface area (Å²) in [6.45, 7) is 0. The van der Waals surface area contributed by atoms with E-state index in [1.807, 2.05) is 22.7 Å². The van der Waals surface area contributed by atoms with Gasteiger partial charge in [-0.1, -0.05) is 123 Å². The molecule has 4 heterocycles. The normalized spacial score (nSPS) is 15.6. The Labute approximate surface area is 367 Å². The van der Waals surface area contributed by atoms with Crippen molar-refractivity contribution in [2.45, 2.75) is 76.0 Å². The number of hydrogen-bond acceptors (Lipinski definition) is 4. The second-order valence-electron chi connectivity index (χ2n) is 17.7. The van der Waals surface area contributed by atoms with Crippen LogP contribution in [0.1, 0.15) is 98.3 Å². The Balaban J connectivity index is 1.26. The second-order valence-corrected chi connectivity index (χ2v) is 19.8. The van der Waals surface area contributed by atoms with Gasteiger partial charge in [0.2, 0.25) is 0 Å². The molecule has 0 atom stereocenters. The lowest BCUT2D eigenvalue weighted by Gasteiger charge is -2.33. The molecule has 4 nitrogen and oxygen atoms in total.